The van der Waals surface area contributed by atoms with Gasteiger partial charge in [0, 0.05) is 19.6 Å². The molecule has 0 N–H and O–H groups in total. The van der Waals surface area contributed by atoms with Crippen molar-refractivity contribution in [2.24, 2.45) is 5.92 Å². The van der Waals surface area contributed by atoms with Crippen LogP contribution in [0.15, 0.2) is 11.6 Å². The van der Waals surface area contributed by atoms with Crippen LogP contribution in [0.25, 0.3) is 0 Å². The molecule has 0 saturated heterocycles. The average Bonchev–Trinajstić information content (AvgIpc) is 2.96. The van der Waals surface area contributed by atoms with Crippen LogP contribution < -0.4 is 0 Å². The van der Waals surface area contributed by atoms with E-state index >= 15 is 0 Å². The highest BCUT2D eigenvalue weighted by Gasteiger charge is 2.24. The molecule has 0 bridgehead atoms. The summed E-state index contributed by atoms with van der Waals surface area (Å²) >= 11 is 0. The summed E-state index contributed by atoms with van der Waals surface area (Å²) in [6.45, 7) is 10.1. The summed E-state index contributed by atoms with van der Waals surface area (Å²) in [5.41, 5.74) is 1.58. The van der Waals surface area contributed by atoms with Gasteiger partial charge in [-0.15, -0.1) is 0 Å². The van der Waals surface area contributed by atoms with Gasteiger partial charge in [0.2, 0.25) is 0 Å². The maximum atomic E-state index is 2.59. The minimum absolute atomic E-state index is 1.06. The van der Waals surface area contributed by atoms with Gasteiger partial charge in [-0.25, -0.2) is 0 Å². The molecule has 0 atom stereocenters. The topological polar surface area (TPSA) is 3.24 Å². The summed E-state index contributed by atoms with van der Waals surface area (Å²) in [6.07, 6.45) is 6.65. The molecule has 0 unspecified atom stereocenters. The zero-order valence-electron chi connectivity index (χ0n) is 9.34. The molecular weight excluding hydrogens is 158 g/mol. The zero-order valence-corrected chi connectivity index (χ0v) is 9.34. The van der Waals surface area contributed by atoms with Crippen LogP contribution in [0.3, 0.4) is 0 Å². The molecule has 0 aromatic carbocycles. The van der Waals surface area contributed by atoms with Crippen molar-refractivity contribution in [3.8, 4) is 0 Å². The normalized spacial score (nSPS) is 23.2. The Hall–Kier alpha value is -0.300. The van der Waals surface area contributed by atoms with Gasteiger partial charge in [0.05, 0.1) is 0 Å². The predicted octanol–water partition coefficient (Wildman–Crippen LogP) is 3.07. The quantitative estimate of drug-likeness (QED) is 0.592. The molecular formula is C12H23N. The number of hydrogen-bond acceptors (Lipinski definition) is 1. The Bertz CT molecular complexity index is 168. The van der Waals surface area contributed by atoms with E-state index in [-0.39, 0.29) is 0 Å². The van der Waals surface area contributed by atoms with Crippen LogP contribution in [0, 0.1) is 5.92 Å². The van der Waals surface area contributed by atoms with Crippen molar-refractivity contribution in [1.82, 2.24) is 4.90 Å². The lowest BCUT2D eigenvalue weighted by atomic mass is 10.1. The SMILES string of the molecule is CC.CC1=CCN(CC2CC2)CC1. The first-order valence-electron chi connectivity index (χ1n) is 5.72. The van der Waals surface area contributed by atoms with E-state index in [0.29, 0.717) is 0 Å². The molecule has 0 amide bonds. The third kappa shape index (κ3) is 3.95. The maximum absolute atomic E-state index is 2.59. The van der Waals surface area contributed by atoms with Gasteiger partial charge in [-0.3, -0.25) is 4.90 Å². The van der Waals surface area contributed by atoms with Crippen LogP contribution in [-0.4, -0.2) is 24.5 Å². The minimum Gasteiger partial charge on any atom is -0.299 e. The first kappa shape index (κ1) is 10.8. The fourth-order valence-electron chi connectivity index (χ4n) is 1.64. The van der Waals surface area contributed by atoms with Crippen molar-refractivity contribution in [1.29, 1.82) is 0 Å². The summed E-state index contributed by atoms with van der Waals surface area (Å²) < 4.78 is 0. The van der Waals surface area contributed by atoms with Crippen LogP contribution in [-0.2, 0) is 0 Å². The smallest absolute Gasteiger partial charge is 0.0165 e. The Morgan fingerprint density at radius 3 is 2.54 bits per heavy atom. The lowest BCUT2D eigenvalue weighted by Gasteiger charge is -2.24. The van der Waals surface area contributed by atoms with Crippen molar-refractivity contribution in [2.75, 3.05) is 19.6 Å². The van der Waals surface area contributed by atoms with Gasteiger partial charge in [-0.05, 0) is 32.1 Å². The second-order valence-electron chi connectivity index (χ2n) is 4.00. The fourth-order valence-corrected chi connectivity index (χ4v) is 1.64. The van der Waals surface area contributed by atoms with Crippen LogP contribution in [0.2, 0.25) is 0 Å². The highest BCUT2D eigenvalue weighted by atomic mass is 15.1. The van der Waals surface area contributed by atoms with E-state index in [1.165, 1.54) is 38.9 Å². The summed E-state index contributed by atoms with van der Waals surface area (Å²) in [6, 6.07) is 0. The number of hydrogen-bond donors (Lipinski definition) is 0. The van der Waals surface area contributed by atoms with Gasteiger partial charge in [0.25, 0.3) is 0 Å². The molecule has 1 aliphatic carbocycles. The van der Waals surface area contributed by atoms with E-state index < -0.39 is 0 Å². The number of rotatable bonds is 2. The Labute approximate surface area is 82.8 Å². The van der Waals surface area contributed by atoms with E-state index in [1.54, 1.807) is 5.57 Å². The molecule has 1 aliphatic heterocycles. The van der Waals surface area contributed by atoms with Gasteiger partial charge >= 0.3 is 0 Å². The van der Waals surface area contributed by atoms with Gasteiger partial charge in [0.15, 0.2) is 0 Å². The molecule has 0 aromatic rings. The minimum atomic E-state index is 1.06. The van der Waals surface area contributed by atoms with E-state index in [1.807, 2.05) is 13.8 Å². The zero-order chi connectivity index (χ0) is 9.68. The Morgan fingerprint density at radius 2 is 2.08 bits per heavy atom. The van der Waals surface area contributed by atoms with Crippen molar-refractivity contribution < 1.29 is 0 Å². The molecule has 1 heterocycles. The first-order valence-corrected chi connectivity index (χ1v) is 5.72. The fraction of sp³-hybridized carbons (Fsp3) is 0.833. The molecule has 2 aliphatic rings. The summed E-state index contributed by atoms with van der Waals surface area (Å²) in [5.74, 6) is 1.06. The van der Waals surface area contributed by atoms with Gasteiger partial charge < -0.3 is 0 Å². The highest BCUT2D eigenvalue weighted by Crippen LogP contribution is 2.30. The lowest BCUT2D eigenvalue weighted by molar-refractivity contribution is 0.282. The first-order chi connectivity index (χ1) is 6.34. The predicted molar refractivity (Wildman–Crippen MR) is 58.9 cm³/mol. The summed E-state index contributed by atoms with van der Waals surface area (Å²) in [7, 11) is 0. The van der Waals surface area contributed by atoms with Crippen LogP contribution >= 0.6 is 0 Å². The molecule has 2 rings (SSSR count). The molecule has 1 saturated carbocycles. The standard InChI is InChI=1S/C10H17N.C2H6/c1-9-4-6-11(7-5-9)8-10-2-3-10;1-2/h4,10H,2-3,5-8H2,1H3;1-2H3. The van der Waals surface area contributed by atoms with Gasteiger partial charge in [-0.1, -0.05) is 25.5 Å². The van der Waals surface area contributed by atoms with Gasteiger partial charge in [0.1, 0.15) is 0 Å². The third-order valence-corrected chi connectivity index (χ3v) is 2.73. The van der Waals surface area contributed by atoms with Crippen molar-refractivity contribution in [3.05, 3.63) is 11.6 Å². The summed E-state index contributed by atoms with van der Waals surface area (Å²) in [4.78, 5) is 2.59. The van der Waals surface area contributed by atoms with Crippen molar-refractivity contribution in [3.63, 3.8) is 0 Å². The monoisotopic (exact) mass is 181 g/mol. The Balaban J connectivity index is 0.000000396. The van der Waals surface area contributed by atoms with Crippen LogP contribution in [0.4, 0.5) is 0 Å². The average molecular weight is 181 g/mol. The largest absolute Gasteiger partial charge is 0.299 e. The van der Waals surface area contributed by atoms with E-state index in [4.69, 9.17) is 0 Å². The maximum Gasteiger partial charge on any atom is 0.0165 e. The Morgan fingerprint density at radius 1 is 1.38 bits per heavy atom. The van der Waals surface area contributed by atoms with E-state index in [0.717, 1.165) is 5.92 Å². The molecule has 13 heavy (non-hydrogen) atoms. The van der Waals surface area contributed by atoms with Crippen LogP contribution in [0.1, 0.15) is 40.0 Å². The molecule has 0 radical (unpaired) electrons. The van der Waals surface area contributed by atoms with Crippen molar-refractivity contribution in [2.45, 2.75) is 40.0 Å². The van der Waals surface area contributed by atoms with Crippen molar-refractivity contribution >= 4 is 0 Å². The van der Waals surface area contributed by atoms with E-state index in [9.17, 15) is 0 Å². The van der Waals surface area contributed by atoms with Gasteiger partial charge in [-0.2, -0.15) is 0 Å². The second-order valence-corrected chi connectivity index (χ2v) is 4.00. The second kappa shape index (κ2) is 5.43. The molecule has 76 valence electrons. The molecule has 0 spiro atoms. The molecule has 1 nitrogen and oxygen atoms in total. The molecule has 1 heteroatoms. The summed E-state index contributed by atoms with van der Waals surface area (Å²) in [5, 5.41) is 0. The molecule has 0 aromatic heterocycles. The highest BCUT2D eigenvalue weighted by molar-refractivity contribution is 5.04. The molecule has 1 fully saturated rings. The third-order valence-electron chi connectivity index (χ3n) is 2.73. The van der Waals surface area contributed by atoms with Crippen LogP contribution in [0.5, 0.6) is 0 Å². The lowest BCUT2D eigenvalue weighted by Crippen LogP contribution is -2.30. The number of nitrogens with zero attached hydrogens (tertiary/aromatic N) is 1. The van der Waals surface area contributed by atoms with E-state index in [2.05, 4.69) is 17.9 Å². The Kier molecular flexibility index (Phi) is 4.51.